The molecule has 0 saturated carbocycles. The lowest BCUT2D eigenvalue weighted by Crippen LogP contribution is -2.32. The van der Waals surface area contributed by atoms with Crippen LogP contribution in [0.3, 0.4) is 0 Å². The molecule has 30 heavy (non-hydrogen) atoms. The number of pyridine rings is 1. The lowest BCUT2D eigenvalue weighted by atomic mass is 10.2. The van der Waals surface area contributed by atoms with Gasteiger partial charge < -0.3 is 30.7 Å². The topological polar surface area (TPSA) is 122 Å². The van der Waals surface area contributed by atoms with E-state index in [2.05, 4.69) is 36.2 Å². The van der Waals surface area contributed by atoms with Gasteiger partial charge in [0.25, 0.3) is 0 Å². The maximum Gasteiger partial charge on any atom is 0.319 e. The molecule has 4 N–H and O–H groups in total. The van der Waals surface area contributed by atoms with Crippen LogP contribution in [0.1, 0.15) is 0 Å². The molecule has 10 nitrogen and oxygen atoms in total. The quantitative estimate of drug-likeness (QED) is 0.398. The number of rotatable bonds is 9. The van der Waals surface area contributed by atoms with E-state index >= 15 is 0 Å². The number of methoxy groups -OCH3 is 2. The first kappa shape index (κ1) is 20.6. The predicted molar refractivity (Wildman–Crippen MR) is 115 cm³/mol. The largest absolute Gasteiger partial charge is 0.493 e. The highest BCUT2D eigenvalue weighted by atomic mass is 16.5. The highest BCUT2D eigenvalue weighted by molar-refractivity contribution is 5.91. The minimum absolute atomic E-state index is 0.358. The predicted octanol–water partition coefficient (Wildman–Crippen LogP) is 2.87. The van der Waals surface area contributed by atoms with Crippen LogP contribution in [0.4, 0.5) is 27.9 Å². The molecule has 0 unspecified atom stereocenters. The fraction of sp³-hybridized carbons (Fsp3) is 0.200. The van der Waals surface area contributed by atoms with Crippen molar-refractivity contribution in [2.45, 2.75) is 0 Å². The van der Waals surface area contributed by atoms with Gasteiger partial charge in [0.15, 0.2) is 11.5 Å². The number of amides is 2. The number of benzene rings is 1. The second-order valence-electron chi connectivity index (χ2n) is 5.98. The highest BCUT2D eigenvalue weighted by Crippen LogP contribution is 2.34. The number of hydrogen-bond acceptors (Lipinski definition) is 8. The van der Waals surface area contributed by atoms with E-state index in [1.807, 2.05) is 18.2 Å². The second kappa shape index (κ2) is 10.5. The van der Waals surface area contributed by atoms with E-state index in [1.165, 1.54) is 20.5 Å². The number of nitrogens with zero attached hydrogens (tertiary/aromatic N) is 3. The number of ether oxygens (including phenoxy) is 2. The molecule has 2 aromatic heterocycles. The van der Waals surface area contributed by atoms with Crippen molar-refractivity contribution < 1.29 is 14.3 Å². The first-order chi connectivity index (χ1) is 14.7. The molecular formula is C20H23N7O3. The van der Waals surface area contributed by atoms with Crippen LogP contribution >= 0.6 is 0 Å². The van der Waals surface area contributed by atoms with E-state index in [1.54, 1.807) is 30.5 Å². The molecule has 3 aromatic rings. The van der Waals surface area contributed by atoms with E-state index in [0.29, 0.717) is 47.7 Å². The van der Waals surface area contributed by atoms with Gasteiger partial charge in [0.2, 0.25) is 0 Å². The summed E-state index contributed by atoms with van der Waals surface area (Å²) in [5.41, 5.74) is 0.517. The normalized spacial score (nSPS) is 10.1. The second-order valence-corrected chi connectivity index (χ2v) is 5.98. The third-order valence-corrected chi connectivity index (χ3v) is 3.96. The Hall–Kier alpha value is -4.08. The van der Waals surface area contributed by atoms with Crippen LogP contribution in [-0.2, 0) is 0 Å². The maximum atomic E-state index is 12.2. The SMILES string of the molecule is COc1cccc(NC(=O)NCCNc2cc(Nc3ccccn3)ncn2)c1OC. The Labute approximate surface area is 174 Å². The molecule has 0 aliphatic heterocycles. The Morgan fingerprint density at radius 3 is 2.57 bits per heavy atom. The molecular weight excluding hydrogens is 386 g/mol. The average Bonchev–Trinajstić information content (AvgIpc) is 2.77. The third-order valence-electron chi connectivity index (χ3n) is 3.96. The first-order valence-electron chi connectivity index (χ1n) is 9.19. The monoisotopic (exact) mass is 409 g/mol. The molecule has 2 heterocycles. The highest BCUT2D eigenvalue weighted by Gasteiger charge is 2.11. The van der Waals surface area contributed by atoms with Crippen LogP contribution in [0.5, 0.6) is 11.5 Å². The number of anilines is 4. The van der Waals surface area contributed by atoms with Crippen molar-refractivity contribution in [2.75, 3.05) is 43.3 Å². The summed E-state index contributed by atoms with van der Waals surface area (Å²) in [5, 5.41) is 11.7. The molecule has 0 atom stereocenters. The van der Waals surface area contributed by atoms with Gasteiger partial charge in [-0.3, -0.25) is 0 Å². The Morgan fingerprint density at radius 2 is 1.80 bits per heavy atom. The summed E-state index contributed by atoms with van der Waals surface area (Å²) < 4.78 is 10.5. The van der Waals surface area contributed by atoms with Crippen LogP contribution in [0.2, 0.25) is 0 Å². The fourth-order valence-electron chi connectivity index (χ4n) is 2.61. The Morgan fingerprint density at radius 1 is 0.933 bits per heavy atom. The Bertz CT molecular complexity index is 970. The summed E-state index contributed by atoms with van der Waals surface area (Å²) in [7, 11) is 3.06. The minimum Gasteiger partial charge on any atom is -0.493 e. The lowest BCUT2D eigenvalue weighted by Gasteiger charge is -2.14. The minimum atomic E-state index is -0.358. The molecule has 10 heteroatoms. The fourth-order valence-corrected chi connectivity index (χ4v) is 2.61. The van der Waals surface area contributed by atoms with Gasteiger partial charge in [0, 0.05) is 25.4 Å². The van der Waals surface area contributed by atoms with E-state index in [4.69, 9.17) is 9.47 Å². The molecule has 0 saturated heterocycles. The lowest BCUT2D eigenvalue weighted by molar-refractivity contribution is 0.252. The van der Waals surface area contributed by atoms with Gasteiger partial charge in [0.1, 0.15) is 23.8 Å². The zero-order chi connectivity index (χ0) is 21.2. The molecule has 0 bridgehead atoms. The van der Waals surface area contributed by atoms with Crippen LogP contribution in [0.25, 0.3) is 0 Å². The number of para-hydroxylation sites is 1. The van der Waals surface area contributed by atoms with Gasteiger partial charge in [-0.05, 0) is 24.3 Å². The molecule has 156 valence electrons. The van der Waals surface area contributed by atoms with Gasteiger partial charge in [-0.15, -0.1) is 0 Å². The number of urea groups is 1. The van der Waals surface area contributed by atoms with Crippen molar-refractivity contribution in [1.82, 2.24) is 20.3 Å². The van der Waals surface area contributed by atoms with Crippen LogP contribution < -0.4 is 30.7 Å². The Balaban J connectivity index is 1.46. The van der Waals surface area contributed by atoms with E-state index < -0.39 is 0 Å². The van der Waals surface area contributed by atoms with Crippen LogP contribution in [0.15, 0.2) is 55.0 Å². The zero-order valence-corrected chi connectivity index (χ0v) is 16.7. The summed E-state index contributed by atoms with van der Waals surface area (Å²) in [4.78, 5) is 24.7. The summed E-state index contributed by atoms with van der Waals surface area (Å²) in [6.07, 6.45) is 3.14. The summed E-state index contributed by atoms with van der Waals surface area (Å²) in [5.74, 6) is 2.92. The van der Waals surface area contributed by atoms with Gasteiger partial charge in [-0.1, -0.05) is 12.1 Å². The summed E-state index contributed by atoms with van der Waals surface area (Å²) >= 11 is 0. The molecule has 0 spiro atoms. The number of carbonyl (C=O) groups is 1. The number of nitrogens with one attached hydrogen (secondary N) is 4. The van der Waals surface area contributed by atoms with Gasteiger partial charge in [-0.2, -0.15) is 0 Å². The van der Waals surface area contributed by atoms with E-state index in [0.717, 1.165) is 0 Å². The van der Waals surface area contributed by atoms with Gasteiger partial charge >= 0.3 is 6.03 Å². The van der Waals surface area contributed by atoms with Crippen molar-refractivity contribution in [3.8, 4) is 11.5 Å². The molecule has 0 fully saturated rings. The van der Waals surface area contributed by atoms with Gasteiger partial charge in [0.05, 0.1) is 19.9 Å². The molecule has 2 amide bonds. The summed E-state index contributed by atoms with van der Waals surface area (Å²) in [6, 6.07) is 12.2. The first-order valence-corrected chi connectivity index (χ1v) is 9.19. The molecule has 0 radical (unpaired) electrons. The third kappa shape index (κ3) is 5.71. The number of aromatic nitrogens is 3. The smallest absolute Gasteiger partial charge is 0.319 e. The molecule has 0 aliphatic rings. The average molecular weight is 409 g/mol. The molecule has 1 aromatic carbocycles. The summed E-state index contributed by atoms with van der Waals surface area (Å²) in [6.45, 7) is 0.855. The molecule has 3 rings (SSSR count). The van der Waals surface area contributed by atoms with E-state index in [9.17, 15) is 4.79 Å². The van der Waals surface area contributed by atoms with E-state index in [-0.39, 0.29) is 6.03 Å². The van der Waals surface area contributed by atoms with Crippen molar-refractivity contribution in [3.63, 3.8) is 0 Å². The van der Waals surface area contributed by atoms with Crippen molar-refractivity contribution in [2.24, 2.45) is 0 Å². The van der Waals surface area contributed by atoms with Crippen LogP contribution in [0, 0.1) is 0 Å². The Kier molecular flexibility index (Phi) is 7.20. The van der Waals surface area contributed by atoms with Crippen molar-refractivity contribution in [1.29, 1.82) is 0 Å². The van der Waals surface area contributed by atoms with Crippen LogP contribution in [-0.4, -0.2) is 48.3 Å². The number of carbonyl (C=O) groups excluding carboxylic acids is 1. The molecule has 0 aliphatic carbocycles. The van der Waals surface area contributed by atoms with Crippen molar-refractivity contribution >= 4 is 29.2 Å². The van der Waals surface area contributed by atoms with Crippen molar-refractivity contribution in [3.05, 3.63) is 55.0 Å². The number of hydrogen-bond donors (Lipinski definition) is 4. The zero-order valence-electron chi connectivity index (χ0n) is 16.7. The van der Waals surface area contributed by atoms with Gasteiger partial charge in [-0.25, -0.2) is 19.7 Å². The maximum absolute atomic E-state index is 12.2. The standard InChI is InChI=1S/C20H23N7O3/c1-29-15-7-5-6-14(19(15)30-2)26-20(28)23-11-10-22-17-12-18(25-13-24-17)27-16-8-3-4-9-21-16/h3-9,12-13H,10-11H2,1-2H3,(H2,23,26,28)(H2,21,22,24,25,27).